The molecular weight excluding hydrogens is 281 g/mol. The number of benzene rings is 2. The van der Waals surface area contributed by atoms with E-state index in [1.165, 1.54) is 6.07 Å². The normalized spacial score (nSPS) is 17.8. The second kappa shape index (κ2) is 6.28. The number of hydrogen-bond donors (Lipinski definition) is 2. The predicted molar refractivity (Wildman–Crippen MR) is 81.6 cm³/mol. The van der Waals surface area contributed by atoms with Crippen molar-refractivity contribution in [2.45, 2.75) is 31.4 Å². The minimum Gasteiger partial charge on any atom is -0.388 e. The standard InChI is InChI=1S/C18H18FNO2/c19-15-8-4-7-14-13(15)9-10-16(14)20-18(22)11-17(21)12-5-2-1-3-6-12/h1-8,16-17,21H,9-11H2,(H,20,22). The zero-order chi connectivity index (χ0) is 15.5. The van der Waals surface area contributed by atoms with Gasteiger partial charge in [-0.15, -0.1) is 0 Å². The molecule has 3 rings (SSSR count). The van der Waals surface area contributed by atoms with Gasteiger partial charge in [-0.3, -0.25) is 4.79 Å². The highest BCUT2D eigenvalue weighted by Gasteiger charge is 2.26. The molecule has 1 amide bonds. The lowest BCUT2D eigenvalue weighted by Crippen LogP contribution is -2.28. The molecule has 4 heteroatoms. The Morgan fingerprint density at radius 1 is 1.23 bits per heavy atom. The molecule has 3 nitrogen and oxygen atoms in total. The molecule has 0 aliphatic heterocycles. The third-order valence-corrected chi connectivity index (χ3v) is 4.11. The van der Waals surface area contributed by atoms with Gasteiger partial charge in [0.1, 0.15) is 5.82 Å². The Bertz CT molecular complexity index is 672. The summed E-state index contributed by atoms with van der Waals surface area (Å²) in [7, 11) is 0. The van der Waals surface area contributed by atoms with Crippen LogP contribution in [0.3, 0.4) is 0 Å². The number of aliphatic hydroxyl groups excluding tert-OH is 1. The first-order chi connectivity index (χ1) is 10.6. The fourth-order valence-corrected chi connectivity index (χ4v) is 2.98. The summed E-state index contributed by atoms with van der Waals surface area (Å²) < 4.78 is 13.7. The van der Waals surface area contributed by atoms with Gasteiger partial charge in [-0.2, -0.15) is 0 Å². The Balaban J connectivity index is 1.63. The minimum absolute atomic E-state index is 0.00512. The number of carbonyl (C=O) groups is 1. The lowest BCUT2D eigenvalue weighted by Gasteiger charge is -2.16. The molecule has 22 heavy (non-hydrogen) atoms. The van der Waals surface area contributed by atoms with Gasteiger partial charge in [-0.1, -0.05) is 42.5 Å². The fourth-order valence-electron chi connectivity index (χ4n) is 2.98. The molecule has 1 aliphatic carbocycles. The van der Waals surface area contributed by atoms with Gasteiger partial charge in [-0.05, 0) is 35.6 Å². The molecule has 2 N–H and O–H groups in total. The average molecular weight is 299 g/mol. The van der Waals surface area contributed by atoms with E-state index in [2.05, 4.69) is 5.32 Å². The van der Waals surface area contributed by atoms with Gasteiger partial charge in [0.2, 0.25) is 5.91 Å². The largest absolute Gasteiger partial charge is 0.388 e. The Labute approximate surface area is 128 Å². The lowest BCUT2D eigenvalue weighted by molar-refractivity contribution is -0.123. The fraction of sp³-hybridized carbons (Fsp3) is 0.278. The van der Waals surface area contributed by atoms with Crippen LogP contribution in [0.15, 0.2) is 48.5 Å². The van der Waals surface area contributed by atoms with Crippen molar-refractivity contribution in [1.82, 2.24) is 5.32 Å². The maximum Gasteiger partial charge on any atom is 0.223 e. The van der Waals surface area contributed by atoms with E-state index >= 15 is 0 Å². The summed E-state index contributed by atoms with van der Waals surface area (Å²) in [5.74, 6) is -0.433. The highest BCUT2D eigenvalue weighted by Crippen LogP contribution is 2.32. The number of carbonyl (C=O) groups excluding carboxylic acids is 1. The highest BCUT2D eigenvalue weighted by atomic mass is 19.1. The number of fused-ring (bicyclic) bond motifs is 1. The zero-order valence-corrected chi connectivity index (χ0v) is 12.1. The SMILES string of the molecule is O=C(CC(O)c1ccccc1)NC1CCc2c(F)cccc21. The van der Waals surface area contributed by atoms with Crippen LogP contribution < -0.4 is 5.32 Å². The highest BCUT2D eigenvalue weighted by molar-refractivity contribution is 5.77. The molecule has 0 saturated carbocycles. The van der Waals surface area contributed by atoms with E-state index in [4.69, 9.17) is 0 Å². The second-order valence-corrected chi connectivity index (χ2v) is 5.60. The first kappa shape index (κ1) is 14.7. The molecular formula is C18H18FNO2. The van der Waals surface area contributed by atoms with Crippen molar-refractivity contribution in [3.63, 3.8) is 0 Å². The van der Waals surface area contributed by atoms with Crippen molar-refractivity contribution < 1.29 is 14.3 Å². The first-order valence-corrected chi connectivity index (χ1v) is 7.45. The third-order valence-electron chi connectivity index (χ3n) is 4.11. The van der Waals surface area contributed by atoms with Crippen LogP contribution in [0.2, 0.25) is 0 Å². The monoisotopic (exact) mass is 299 g/mol. The van der Waals surface area contributed by atoms with Gasteiger partial charge in [0.05, 0.1) is 18.6 Å². The number of halogens is 1. The Morgan fingerprint density at radius 3 is 2.77 bits per heavy atom. The molecule has 0 radical (unpaired) electrons. The number of rotatable bonds is 4. The van der Waals surface area contributed by atoms with Gasteiger partial charge in [-0.25, -0.2) is 4.39 Å². The summed E-state index contributed by atoms with van der Waals surface area (Å²) in [6.07, 6.45) is 0.512. The second-order valence-electron chi connectivity index (χ2n) is 5.60. The minimum atomic E-state index is -0.824. The molecule has 2 atom stereocenters. The van der Waals surface area contributed by atoms with Gasteiger partial charge in [0.25, 0.3) is 0 Å². The average Bonchev–Trinajstić information content (AvgIpc) is 2.92. The van der Waals surface area contributed by atoms with Crippen LogP contribution in [0.4, 0.5) is 4.39 Å². The zero-order valence-electron chi connectivity index (χ0n) is 12.1. The van der Waals surface area contributed by atoms with Crippen LogP contribution in [0.5, 0.6) is 0 Å². The molecule has 114 valence electrons. The van der Waals surface area contributed by atoms with E-state index < -0.39 is 6.10 Å². The molecule has 0 saturated heterocycles. The summed E-state index contributed by atoms with van der Waals surface area (Å²) >= 11 is 0. The molecule has 0 aromatic heterocycles. The van der Waals surface area contributed by atoms with Crippen LogP contribution in [-0.2, 0) is 11.2 Å². The smallest absolute Gasteiger partial charge is 0.223 e. The van der Waals surface area contributed by atoms with Crippen molar-refractivity contribution in [1.29, 1.82) is 0 Å². The van der Waals surface area contributed by atoms with Gasteiger partial charge in [0, 0.05) is 0 Å². The van der Waals surface area contributed by atoms with Gasteiger partial charge >= 0.3 is 0 Å². The van der Waals surface area contributed by atoms with E-state index in [-0.39, 0.29) is 24.2 Å². The van der Waals surface area contributed by atoms with Crippen molar-refractivity contribution in [3.05, 3.63) is 71.0 Å². The first-order valence-electron chi connectivity index (χ1n) is 7.45. The number of aliphatic hydroxyl groups is 1. The van der Waals surface area contributed by atoms with Crippen LogP contribution in [0.1, 0.15) is 41.7 Å². The van der Waals surface area contributed by atoms with Crippen LogP contribution >= 0.6 is 0 Å². The van der Waals surface area contributed by atoms with E-state index in [9.17, 15) is 14.3 Å². The molecule has 0 heterocycles. The van der Waals surface area contributed by atoms with E-state index in [0.717, 1.165) is 11.1 Å². The quantitative estimate of drug-likeness (QED) is 0.911. The van der Waals surface area contributed by atoms with Crippen LogP contribution in [-0.4, -0.2) is 11.0 Å². The maximum absolute atomic E-state index is 13.7. The van der Waals surface area contributed by atoms with Crippen LogP contribution in [0, 0.1) is 5.82 Å². The maximum atomic E-state index is 13.7. The number of amides is 1. The topological polar surface area (TPSA) is 49.3 Å². The number of hydrogen-bond acceptors (Lipinski definition) is 2. The molecule has 2 unspecified atom stereocenters. The van der Waals surface area contributed by atoms with Gasteiger partial charge < -0.3 is 10.4 Å². The molecule has 2 aromatic carbocycles. The van der Waals surface area contributed by atoms with Crippen molar-refractivity contribution in [2.24, 2.45) is 0 Å². The molecule has 0 fully saturated rings. The van der Waals surface area contributed by atoms with Crippen molar-refractivity contribution in [2.75, 3.05) is 0 Å². The van der Waals surface area contributed by atoms with Crippen LogP contribution in [0.25, 0.3) is 0 Å². The molecule has 2 aromatic rings. The Morgan fingerprint density at radius 2 is 2.00 bits per heavy atom. The Kier molecular flexibility index (Phi) is 4.20. The van der Waals surface area contributed by atoms with E-state index in [1.54, 1.807) is 18.2 Å². The molecule has 0 spiro atoms. The number of nitrogens with one attached hydrogen (secondary N) is 1. The summed E-state index contributed by atoms with van der Waals surface area (Å²) in [6.45, 7) is 0. The van der Waals surface area contributed by atoms with E-state index in [0.29, 0.717) is 18.4 Å². The summed E-state index contributed by atoms with van der Waals surface area (Å²) in [5, 5.41) is 13.0. The van der Waals surface area contributed by atoms with Crippen molar-refractivity contribution >= 4 is 5.91 Å². The summed E-state index contributed by atoms with van der Waals surface area (Å²) in [4.78, 5) is 12.1. The third kappa shape index (κ3) is 3.02. The van der Waals surface area contributed by atoms with Crippen molar-refractivity contribution in [3.8, 4) is 0 Å². The summed E-state index contributed by atoms with van der Waals surface area (Å²) in [5.41, 5.74) is 2.26. The van der Waals surface area contributed by atoms with Gasteiger partial charge in [0.15, 0.2) is 0 Å². The summed E-state index contributed by atoms with van der Waals surface area (Å²) in [6, 6.07) is 13.9. The molecule has 1 aliphatic rings. The van der Waals surface area contributed by atoms with E-state index in [1.807, 2.05) is 24.3 Å². The predicted octanol–water partition coefficient (Wildman–Crippen LogP) is 3.05. The lowest BCUT2D eigenvalue weighted by atomic mass is 10.1. The molecule has 0 bridgehead atoms. The Hall–Kier alpha value is -2.20.